The minimum atomic E-state index is -1.22. The van der Waals surface area contributed by atoms with Gasteiger partial charge in [0.1, 0.15) is 11.9 Å². The zero-order valence-corrected chi connectivity index (χ0v) is 8.08. The number of amides is 2. The van der Waals surface area contributed by atoms with Crippen LogP contribution in [0.25, 0.3) is 0 Å². The predicted molar refractivity (Wildman–Crippen MR) is 48.7 cm³/mol. The average Bonchev–Trinajstić information content (AvgIpc) is 2.10. The Labute approximate surface area is 85.4 Å². The van der Waals surface area contributed by atoms with Crippen LogP contribution in [0.2, 0.25) is 0 Å². The van der Waals surface area contributed by atoms with E-state index in [0.717, 1.165) is 0 Å². The minimum Gasteiger partial charge on any atom is -0.480 e. The lowest BCUT2D eigenvalue weighted by Gasteiger charge is -2.12. The van der Waals surface area contributed by atoms with Crippen molar-refractivity contribution in [2.45, 2.75) is 18.9 Å². The third kappa shape index (κ3) is 5.36. The van der Waals surface area contributed by atoms with Gasteiger partial charge in [-0.25, -0.2) is 4.79 Å². The first-order chi connectivity index (χ1) is 6.47. The van der Waals surface area contributed by atoms with Crippen LogP contribution in [0.1, 0.15) is 12.8 Å². The van der Waals surface area contributed by atoms with Crippen molar-refractivity contribution in [3.63, 3.8) is 0 Å². The zero-order chi connectivity index (χ0) is 11.1. The van der Waals surface area contributed by atoms with Gasteiger partial charge in [0, 0.05) is 6.42 Å². The molecule has 0 aliphatic heterocycles. The van der Waals surface area contributed by atoms with Gasteiger partial charge in [-0.05, 0) is 6.42 Å². The van der Waals surface area contributed by atoms with Gasteiger partial charge in [0.2, 0.25) is 11.8 Å². The van der Waals surface area contributed by atoms with Crippen LogP contribution in [0.4, 0.5) is 0 Å². The normalized spacial score (nSPS) is 11.8. The van der Waals surface area contributed by atoms with Gasteiger partial charge in [0.05, 0.1) is 0 Å². The maximum Gasteiger partial charge on any atom is 0.326 e. The molecule has 2 amide bonds. The predicted octanol–water partition coefficient (Wildman–Crippen LogP) is -0.940. The number of carboxylic acids is 1. The van der Waals surface area contributed by atoms with Crippen molar-refractivity contribution in [2.75, 3.05) is 5.88 Å². The van der Waals surface area contributed by atoms with E-state index in [1.54, 1.807) is 0 Å². The fraction of sp³-hybridized carbons (Fsp3) is 0.571. The first-order valence-electron chi connectivity index (χ1n) is 3.83. The van der Waals surface area contributed by atoms with Crippen LogP contribution in [-0.4, -0.2) is 34.8 Å². The third-order valence-corrected chi connectivity index (χ3v) is 1.68. The van der Waals surface area contributed by atoms with Gasteiger partial charge >= 0.3 is 5.97 Å². The molecule has 0 radical (unpaired) electrons. The number of carbonyl (C=O) groups is 3. The maximum absolute atomic E-state index is 10.7. The lowest BCUT2D eigenvalue weighted by molar-refractivity contribution is -0.141. The number of hydrogen-bond donors (Lipinski definition) is 3. The molecule has 0 aromatic heterocycles. The molecular weight excluding hydrogens is 212 g/mol. The summed E-state index contributed by atoms with van der Waals surface area (Å²) < 4.78 is 0. The van der Waals surface area contributed by atoms with Crippen LogP contribution in [0, 0.1) is 0 Å². The van der Waals surface area contributed by atoms with Gasteiger partial charge in [-0.2, -0.15) is 0 Å². The van der Waals surface area contributed by atoms with Gasteiger partial charge in [0.15, 0.2) is 0 Å². The third-order valence-electron chi connectivity index (χ3n) is 1.43. The fourth-order valence-electron chi connectivity index (χ4n) is 0.777. The minimum absolute atomic E-state index is 0.0344. The van der Waals surface area contributed by atoms with Crippen LogP contribution in [-0.2, 0) is 14.4 Å². The van der Waals surface area contributed by atoms with E-state index in [1.165, 1.54) is 0 Å². The largest absolute Gasteiger partial charge is 0.480 e. The summed E-state index contributed by atoms with van der Waals surface area (Å²) in [7, 11) is 0. The van der Waals surface area contributed by atoms with E-state index in [9.17, 15) is 14.4 Å². The smallest absolute Gasteiger partial charge is 0.326 e. The Bertz CT molecular complexity index is 244. The van der Waals surface area contributed by atoms with E-state index < -0.39 is 23.8 Å². The molecule has 0 aromatic rings. The molecular formula is C7H11ClN2O4. The first-order valence-corrected chi connectivity index (χ1v) is 4.37. The molecule has 7 heteroatoms. The second-order valence-corrected chi connectivity index (χ2v) is 2.86. The molecule has 0 aromatic carbocycles. The Hall–Kier alpha value is -1.30. The Morgan fingerprint density at radius 3 is 2.36 bits per heavy atom. The van der Waals surface area contributed by atoms with Gasteiger partial charge in [-0.15, -0.1) is 11.6 Å². The number of hydrogen-bond acceptors (Lipinski definition) is 3. The molecule has 0 aliphatic rings. The van der Waals surface area contributed by atoms with Crippen LogP contribution < -0.4 is 11.1 Å². The number of nitrogens with two attached hydrogens (primary N) is 1. The summed E-state index contributed by atoms with van der Waals surface area (Å²) in [5, 5.41) is 10.8. The molecule has 4 N–H and O–H groups in total. The van der Waals surface area contributed by atoms with Gasteiger partial charge < -0.3 is 16.2 Å². The first kappa shape index (κ1) is 12.7. The molecule has 6 nitrogen and oxygen atoms in total. The van der Waals surface area contributed by atoms with Crippen LogP contribution in [0.3, 0.4) is 0 Å². The molecule has 0 aliphatic carbocycles. The number of halogens is 1. The van der Waals surface area contributed by atoms with Crippen molar-refractivity contribution in [3.8, 4) is 0 Å². The Kier molecular flexibility index (Phi) is 5.62. The van der Waals surface area contributed by atoms with E-state index in [1.807, 2.05) is 0 Å². The Morgan fingerprint density at radius 1 is 1.43 bits per heavy atom. The summed E-state index contributed by atoms with van der Waals surface area (Å²) in [5.41, 5.74) is 4.83. The van der Waals surface area contributed by atoms with Gasteiger partial charge in [-0.1, -0.05) is 0 Å². The monoisotopic (exact) mass is 222 g/mol. The fourth-order valence-corrected chi connectivity index (χ4v) is 0.854. The van der Waals surface area contributed by atoms with E-state index in [2.05, 4.69) is 5.32 Å². The highest BCUT2D eigenvalue weighted by molar-refractivity contribution is 6.27. The van der Waals surface area contributed by atoms with Crippen molar-refractivity contribution < 1.29 is 19.5 Å². The maximum atomic E-state index is 10.7. The summed E-state index contributed by atoms with van der Waals surface area (Å²) in [5.74, 6) is -2.75. The van der Waals surface area contributed by atoms with Crippen molar-refractivity contribution in [1.82, 2.24) is 5.32 Å². The van der Waals surface area contributed by atoms with Crippen molar-refractivity contribution in [2.24, 2.45) is 5.73 Å². The van der Waals surface area contributed by atoms with E-state index >= 15 is 0 Å². The summed E-state index contributed by atoms with van der Waals surface area (Å²) in [6, 6.07) is -1.12. The summed E-state index contributed by atoms with van der Waals surface area (Å²) in [4.78, 5) is 31.7. The molecule has 0 heterocycles. The van der Waals surface area contributed by atoms with Crippen molar-refractivity contribution in [1.29, 1.82) is 0 Å². The molecule has 80 valence electrons. The zero-order valence-electron chi connectivity index (χ0n) is 7.33. The molecule has 0 rings (SSSR count). The quantitative estimate of drug-likeness (QED) is 0.504. The number of primary amides is 1. The van der Waals surface area contributed by atoms with Crippen molar-refractivity contribution in [3.05, 3.63) is 0 Å². The molecule has 1 unspecified atom stereocenters. The van der Waals surface area contributed by atoms with Crippen LogP contribution in [0.15, 0.2) is 0 Å². The summed E-state index contributed by atoms with van der Waals surface area (Å²) in [6.07, 6.45) is -0.132. The lowest BCUT2D eigenvalue weighted by atomic mass is 10.1. The summed E-state index contributed by atoms with van der Waals surface area (Å²) >= 11 is 5.17. The number of rotatable bonds is 6. The lowest BCUT2D eigenvalue weighted by Crippen LogP contribution is -2.41. The Balaban J connectivity index is 4.09. The number of nitrogens with one attached hydrogen (secondary N) is 1. The van der Waals surface area contributed by atoms with Crippen LogP contribution >= 0.6 is 11.6 Å². The number of carboxylic acid groups (broad SMARTS) is 1. The molecule has 0 bridgehead atoms. The molecule has 0 fully saturated rings. The highest BCUT2D eigenvalue weighted by Crippen LogP contribution is 1.97. The standard InChI is InChI=1S/C7H11ClN2O4/c8-3-6(12)10-4(7(13)14)1-2-5(9)11/h4H,1-3H2,(H2,9,11)(H,10,12)(H,13,14). The Morgan fingerprint density at radius 2 is 2.00 bits per heavy atom. The van der Waals surface area contributed by atoms with Crippen molar-refractivity contribution >= 4 is 29.4 Å². The second-order valence-electron chi connectivity index (χ2n) is 2.60. The molecule has 0 saturated carbocycles. The number of alkyl halides is 1. The topological polar surface area (TPSA) is 109 Å². The van der Waals surface area contributed by atoms with Crippen LogP contribution in [0.5, 0.6) is 0 Å². The van der Waals surface area contributed by atoms with E-state index in [-0.39, 0.29) is 18.7 Å². The van der Waals surface area contributed by atoms with E-state index in [0.29, 0.717) is 0 Å². The average molecular weight is 223 g/mol. The van der Waals surface area contributed by atoms with Gasteiger partial charge in [-0.3, -0.25) is 9.59 Å². The molecule has 1 atom stereocenters. The number of aliphatic carboxylic acids is 1. The molecule has 14 heavy (non-hydrogen) atoms. The van der Waals surface area contributed by atoms with Gasteiger partial charge in [0.25, 0.3) is 0 Å². The molecule has 0 saturated heterocycles. The SMILES string of the molecule is NC(=O)CCC(NC(=O)CCl)C(=O)O. The highest BCUT2D eigenvalue weighted by atomic mass is 35.5. The number of carbonyl (C=O) groups excluding carboxylic acids is 2. The second kappa shape index (κ2) is 6.20. The summed E-state index contributed by atoms with van der Waals surface area (Å²) in [6.45, 7) is 0. The van der Waals surface area contributed by atoms with E-state index in [4.69, 9.17) is 22.4 Å². The highest BCUT2D eigenvalue weighted by Gasteiger charge is 2.19. The molecule has 0 spiro atoms.